The normalized spacial score (nSPS) is 12.1. The largest absolute Gasteiger partial charge is 0.457 e. The fraction of sp³-hybridized carbons (Fsp3) is 0.429. The van der Waals surface area contributed by atoms with Gasteiger partial charge in [-0.05, 0) is 37.7 Å². The second-order valence-electron chi connectivity index (χ2n) is 6.75. The third-order valence-electron chi connectivity index (χ3n) is 4.49. The first kappa shape index (κ1) is 21.3. The molecule has 8 heteroatoms. The van der Waals surface area contributed by atoms with E-state index in [4.69, 9.17) is 9.15 Å². The van der Waals surface area contributed by atoms with E-state index < -0.39 is 0 Å². The minimum Gasteiger partial charge on any atom is -0.457 e. The van der Waals surface area contributed by atoms with Crippen molar-refractivity contribution >= 4 is 27.5 Å². The summed E-state index contributed by atoms with van der Waals surface area (Å²) < 4.78 is 12.2. The first-order valence-corrected chi connectivity index (χ1v) is 10.6. The zero-order chi connectivity index (χ0) is 20.5. The summed E-state index contributed by atoms with van der Waals surface area (Å²) in [7, 11) is 5.62. The summed E-state index contributed by atoms with van der Waals surface area (Å²) in [4.78, 5) is 11.2. The minimum atomic E-state index is 0.564. The number of hydrogen-bond acceptors (Lipinski definition) is 6. The van der Waals surface area contributed by atoms with Gasteiger partial charge in [0, 0.05) is 40.4 Å². The third kappa shape index (κ3) is 6.28. The summed E-state index contributed by atoms with van der Waals surface area (Å²) in [6.07, 6.45) is 1.04. The molecule has 0 aliphatic heterocycles. The van der Waals surface area contributed by atoms with Crippen molar-refractivity contribution in [2.45, 2.75) is 13.0 Å². The summed E-state index contributed by atoms with van der Waals surface area (Å²) in [5, 5.41) is 7.52. The fourth-order valence-electron chi connectivity index (χ4n) is 2.91. The molecule has 2 N–H and O–H groups in total. The molecular formula is C21H29N5O2S. The van der Waals surface area contributed by atoms with Crippen molar-refractivity contribution in [1.82, 2.24) is 20.5 Å². The maximum absolute atomic E-state index is 5.97. The molecule has 0 saturated carbocycles. The first-order chi connectivity index (χ1) is 14.2. The number of hydrogen-bond donors (Lipinski definition) is 2. The van der Waals surface area contributed by atoms with Crippen molar-refractivity contribution in [3.8, 4) is 10.8 Å². The van der Waals surface area contributed by atoms with Crippen LogP contribution in [0.3, 0.4) is 0 Å². The van der Waals surface area contributed by atoms with Crippen molar-refractivity contribution in [3.63, 3.8) is 0 Å². The number of guanidine groups is 1. The van der Waals surface area contributed by atoms with Gasteiger partial charge in [-0.2, -0.15) is 0 Å². The Morgan fingerprint density at radius 1 is 1.21 bits per heavy atom. The van der Waals surface area contributed by atoms with Crippen LogP contribution >= 0.6 is 11.3 Å². The zero-order valence-electron chi connectivity index (χ0n) is 17.3. The van der Waals surface area contributed by atoms with Crippen LogP contribution in [0.15, 0.2) is 45.8 Å². The van der Waals surface area contributed by atoms with Crippen LogP contribution in [0.1, 0.15) is 12.2 Å². The number of para-hydroxylation sites is 1. The first-order valence-electron chi connectivity index (χ1n) is 9.76. The van der Waals surface area contributed by atoms with E-state index in [2.05, 4.69) is 38.6 Å². The molecule has 7 nitrogen and oxygen atoms in total. The van der Waals surface area contributed by atoms with E-state index in [0.717, 1.165) is 65.4 Å². The number of benzene rings is 1. The number of fused-ring (bicyclic) bond motifs is 1. The van der Waals surface area contributed by atoms with Crippen LogP contribution in [0, 0.1) is 0 Å². The Bertz CT molecular complexity index is 888. The molecule has 0 fully saturated rings. The van der Waals surface area contributed by atoms with Crippen LogP contribution in [-0.4, -0.2) is 63.3 Å². The molecule has 0 unspecified atom stereocenters. The molecule has 0 atom stereocenters. The zero-order valence-corrected chi connectivity index (χ0v) is 18.1. The monoisotopic (exact) mass is 415 g/mol. The van der Waals surface area contributed by atoms with E-state index in [9.17, 15) is 0 Å². The number of nitrogens with one attached hydrogen (secondary N) is 2. The highest BCUT2D eigenvalue weighted by Crippen LogP contribution is 2.30. The number of aliphatic imine (C=N–C) groups is 1. The lowest BCUT2D eigenvalue weighted by atomic mass is 10.3. The molecule has 0 bridgehead atoms. The van der Waals surface area contributed by atoms with E-state index in [1.165, 1.54) is 0 Å². The number of furan rings is 1. The number of rotatable bonds is 10. The quantitative estimate of drug-likeness (QED) is 0.301. The lowest BCUT2D eigenvalue weighted by Gasteiger charge is -2.17. The lowest BCUT2D eigenvalue weighted by molar-refractivity contribution is 0.180. The van der Waals surface area contributed by atoms with Gasteiger partial charge in [0.1, 0.15) is 5.76 Å². The summed E-state index contributed by atoms with van der Waals surface area (Å²) in [6.45, 7) is 4.13. The van der Waals surface area contributed by atoms with E-state index in [1.807, 2.05) is 30.3 Å². The van der Waals surface area contributed by atoms with Gasteiger partial charge < -0.3 is 24.7 Å². The van der Waals surface area contributed by atoms with Gasteiger partial charge in [-0.25, -0.2) is 4.98 Å². The molecule has 2 aromatic heterocycles. The molecule has 0 aliphatic rings. The van der Waals surface area contributed by atoms with Crippen LogP contribution in [0.2, 0.25) is 0 Å². The van der Waals surface area contributed by atoms with Crippen molar-refractivity contribution in [3.05, 3.63) is 42.2 Å². The maximum Gasteiger partial charge on any atom is 0.191 e. The molecule has 3 rings (SSSR count). The summed E-state index contributed by atoms with van der Waals surface area (Å²) >= 11 is 1.64. The molecular weight excluding hydrogens is 386 g/mol. The van der Waals surface area contributed by atoms with Gasteiger partial charge in [-0.3, -0.25) is 4.99 Å². The van der Waals surface area contributed by atoms with Crippen LogP contribution in [0.25, 0.3) is 21.0 Å². The van der Waals surface area contributed by atoms with Crippen LogP contribution in [0.4, 0.5) is 0 Å². The average molecular weight is 416 g/mol. The molecule has 29 heavy (non-hydrogen) atoms. The summed E-state index contributed by atoms with van der Waals surface area (Å²) in [5.41, 5.74) is 1.00. The van der Waals surface area contributed by atoms with E-state index in [-0.39, 0.29) is 0 Å². The standard InChI is InChI=1S/C21H29N5O2S/c1-22-21(23-11-13-26(2)12-6-14-27-3)24-15-16-9-10-18(28-16)20-25-17-7-4-5-8-19(17)29-20/h4-5,7-10H,6,11-15H2,1-3H3,(H2,22,23,24). The highest BCUT2D eigenvalue weighted by Gasteiger charge is 2.10. The molecule has 0 radical (unpaired) electrons. The van der Waals surface area contributed by atoms with Gasteiger partial charge in [0.25, 0.3) is 0 Å². The van der Waals surface area contributed by atoms with Gasteiger partial charge in [0.15, 0.2) is 16.7 Å². The van der Waals surface area contributed by atoms with E-state index in [0.29, 0.717) is 6.54 Å². The number of aromatic nitrogens is 1. The Kier molecular flexibility index (Phi) is 8.03. The molecule has 3 aromatic rings. The van der Waals surface area contributed by atoms with Gasteiger partial charge in [0.05, 0.1) is 16.8 Å². The molecule has 0 saturated heterocycles. The highest BCUT2D eigenvalue weighted by atomic mass is 32.1. The van der Waals surface area contributed by atoms with Crippen LogP contribution in [0.5, 0.6) is 0 Å². The van der Waals surface area contributed by atoms with Crippen molar-refractivity contribution < 1.29 is 9.15 Å². The number of methoxy groups -OCH3 is 1. The number of ether oxygens (including phenoxy) is 1. The molecule has 156 valence electrons. The molecule has 2 heterocycles. The predicted octanol–water partition coefficient (Wildman–Crippen LogP) is 3.19. The predicted molar refractivity (Wildman–Crippen MR) is 120 cm³/mol. The van der Waals surface area contributed by atoms with Gasteiger partial charge in [0.2, 0.25) is 0 Å². The van der Waals surface area contributed by atoms with E-state index in [1.54, 1.807) is 25.5 Å². The molecule has 0 amide bonds. The Morgan fingerprint density at radius 2 is 2.07 bits per heavy atom. The Hall–Kier alpha value is -2.42. The third-order valence-corrected chi connectivity index (χ3v) is 5.55. The van der Waals surface area contributed by atoms with Crippen molar-refractivity contribution in [1.29, 1.82) is 0 Å². The van der Waals surface area contributed by atoms with Crippen LogP contribution in [-0.2, 0) is 11.3 Å². The lowest BCUT2D eigenvalue weighted by Crippen LogP contribution is -2.40. The van der Waals surface area contributed by atoms with Crippen molar-refractivity contribution in [2.75, 3.05) is 47.4 Å². The second-order valence-corrected chi connectivity index (χ2v) is 7.79. The van der Waals surface area contributed by atoms with Crippen molar-refractivity contribution in [2.24, 2.45) is 4.99 Å². The highest BCUT2D eigenvalue weighted by molar-refractivity contribution is 7.21. The van der Waals surface area contributed by atoms with E-state index >= 15 is 0 Å². The van der Waals surface area contributed by atoms with Gasteiger partial charge in [-0.15, -0.1) is 11.3 Å². The van der Waals surface area contributed by atoms with Gasteiger partial charge >= 0.3 is 0 Å². The average Bonchev–Trinajstić information content (AvgIpc) is 3.37. The topological polar surface area (TPSA) is 74.9 Å². The van der Waals surface area contributed by atoms with Gasteiger partial charge in [-0.1, -0.05) is 12.1 Å². The maximum atomic E-state index is 5.97. The Morgan fingerprint density at radius 3 is 2.86 bits per heavy atom. The minimum absolute atomic E-state index is 0.564. The number of nitrogens with zero attached hydrogens (tertiary/aromatic N) is 3. The summed E-state index contributed by atoms with van der Waals surface area (Å²) in [5.74, 6) is 2.40. The fourth-order valence-corrected chi connectivity index (χ4v) is 3.84. The molecule has 0 spiro atoms. The number of likely N-dealkylation sites (N-methyl/N-ethyl adjacent to an activating group) is 1. The Balaban J connectivity index is 1.45. The SMILES string of the molecule is CN=C(NCCN(C)CCCOC)NCc1ccc(-c2nc3ccccc3s2)o1. The Labute approximate surface area is 175 Å². The summed E-state index contributed by atoms with van der Waals surface area (Å²) in [6, 6.07) is 12.1. The smallest absolute Gasteiger partial charge is 0.191 e. The van der Waals surface area contributed by atoms with Crippen LogP contribution < -0.4 is 10.6 Å². The number of thiazole rings is 1. The molecule has 0 aliphatic carbocycles. The molecule has 1 aromatic carbocycles. The second kappa shape index (κ2) is 10.9.